The summed E-state index contributed by atoms with van der Waals surface area (Å²) in [6, 6.07) is -0.718. The first-order valence-electron chi connectivity index (χ1n) is 8.14. The number of hydrogen-bond acceptors (Lipinski definition) is 6. The van der Waals surface area contributed by atoms with Crippen LogP contribution in [0.4, 0.5) is 0 Å². The number of nitrogens with zero attached hydrogens (tertiary/aromatic N) is 2. The van der Waals surface area contributed by atoms with Crippen molar-refractivity contribution in [1.82, 2.24) is 15.1 Å². The molecule has 0 aliphatic heterocycles. The number of rotatable bonds is 6. The van der Waals surface area contributed by atoms with Gasteiger partial charge in [-0.2, -0.15) is 5.10 Å². The first kappa shape index (κ1) is 19.2. The predicted molar refractivity (Wildman–Crippen MR) is 88.9 cm³/mol. The fraction of sp³-hybridized carbons (Fsp3) is 0.625. The van der Waals surface area contributed by atoms with Gasteiger partial charge in [0.2, 0.25) is 0 Å². The highest BCUT2D eigenvalue weighted by Gasteiger charge is 2.42. The van der Waals surface area contributed by atoms with E-state index in [2.05, 4.69) is 10.4 Å². The van der Waals surface area contributed by atoms with Gasteiger partial charge in [-0.25, -0.2) is 9.59 Å². The van der Waals surface area contributed by atoms with Crippen LogP contribution in [-0.2, 0) is 23.9 Å². The number of carbonyl (C=O) groups is 3. The Bertz CT molecular complexity index is 639. The number of ether oxygens (including phenoxy) is 2. The number of esters is 2. The lowest BCUT2D eigenvalue weighted by atomic mass is 9.81. The molecule has 1 fully saturated rings. The maximum Gasteiger partial charge on any atom is 0.331 e. The third-order valence-corrected chi connectivity index (χ3v) is 4.51. The summed E-state index contributed by atoms with van der Waals surface area (Å²) in [4.78, 5) is 36.3. The number of carbonyl (C=O) groups excluding carboxylic acids is 3. The Morgan fingerprint density at radius 3 is 2.60 bits per heavy atom. The smallest absolute Gasteiger partial charge is 0.331 e. The van der Waals surface area contributed by atoms with Crippen LogP contribution in [-0.4, -0.2) is 46.9 Å². The molecule has 0 saturated heterocycles. The minimum atomic E-state index is -1.03. The van der Waals surface area contributed by atoms with Gasteiger partial charge in [-0.3, -0.25) is 9.48 Å². The fourth-order valence-electron chi connectivity index (χ4n) is 2.93. The summed E-state index contributed by atoms with van der Waals surface area (Å²) in [6.45, 7) is 1.11. The summed E-state index contributed by atoms with van der Waals surface area (Å²) < 4.78 is 11.2. The second kappa shape index (κ2) is 8.33. The van der Waals surface area contributed by atoms with E-state index in [0.717, 1.165) is 19.3 Å². The molecule has 1 N–H and O–H groups in total. The van der Waals surface area contributed by atoms with Gasteiger partial charge < -0.3 is 14.8 Å². The zero-order valence-corrected chi connectivity index (χ0v) is 15.0. The van der Waals surface area contributed by atoms with Crippen molar-refractivity contribution in [2.45, 2.75) is 50.6 Å². The van der Waals surface area contributed by atoms with Crippen molar-refractivity contribution in [3.05, 3.63) is 17.4 Å². The largest absolute Gasteiger partial charge is 0.467 e. The lowest BCUT2D eigenvalue weighted by Gasteiger charge is -2.35. The average Bonchev–Trinajstić information content (AvgIpc) is 3.05. The number of amides is 1. The summed E-state index contributed by atoms with van der Waals surface area (Å²) >= 11 is 5.76. The van der Waals surface area contributed by atoms with Gasteiger partial charge in [-0.05, 0) is 19.8 Å². The van der Waals surface area contributed by atoms with Gasteiger partial charge in [-0.1, -0.05) is 30.9 Å². The van der Waals surface area contributed by atoms with Gasteiger partial charge in [-0.15, -0.1) is 0 Å². The van der Waals surface area contributed by atoms with Crippen LogP contribution < -0.4 is 5.32 Å². The lowest BCUT2D eigenvalue weighted by Crippen LogP contribution is -2.57. The summed E-state index contributed by atoms with van der Waals surface area (Å²) in [5.74, 6) is -1.62. The molecule has 0 spiro atoms. The molecule has 9 heteroatoms. The second-order valence-corrected chi connectivity index (χ2v) is 6.54. The Morgan fingerprint density at radius 2 is 2.04 bits per heavy atom. The third-order valence-electron chi connectivity index (χ3n) is 4.32. The molecule has 1 aliphatic rings. The highest BCUT2D eigenvalue weighted by atomic mass is 35.5. The minimum absolute atomic E-state index is 0.398. The Hall–Kier alpha value is -2.09. The molecule has 0 radical (unpaired) electrons. The quantitative estimate of drug-likeness (QED) is 0.763. The highest BCUT2D eigenvalue weighted by molar-refractivity contribution is 6.30. The summed E-state index contributed by atoms with van der Waals surface area (Å²) in [7, 11) is 1.29. The Labute approximate surface area is 150 Å². The molecule has 1 aliphatic carbocycles. The molecular weight excluding hydrogens is 350 g/mol. The van der Waals surface area contributed by atoms with E-state index in [9.17, 15) is 14.4 Å². The van der Waals surface area contributed by atoms with E-state index in [1.807, 2.05) is 0 Å². The molecule has 25 heavy (non-hydrogen) atoms. The molecule has 1 aromatic rings. The van der Waals surface area contributed by atoms with Crippen LogP contribution in [0.1, 0.15) is 45.1 Å². The normalized spacial score (nSPS) is 17.4. The van der Waals surface area contributed by atoms with E-state index in [1.165, 1.54) is 24.2 Å². The van der Waals surface area contributed by atoms with Crippen molar-refractivity contribution in [2.24, 2.45) is 0 Å². The van der Waals surface area contributed by atoms with Crippen molar-refractivity contribution in [1.29, 1.82) is 0 Å². The molecular formula is C16H22ClN3O5. The van der Waals surface area contributed by atoms with Gasteiger partial charge in [0.1, 0.15) is 11.6 Å². The molecule has 1 saturated carbocycles. The first-order valence-corrected chi connectivity index (χ1v) is 8.51. The number of methoxy groups -OCH3 is 1. The Balaban J connectivity index is 1.90. The van der Waals surface area contributed by atoms with E-state index < -0.39 is 36.0 Å². The van der Waals surface area contributed by atoms with Gasteiger partial charge in [0, 0.05) is 6.20 Å². The highest BCUT2D eigenvalue weighted by Crippen LogP contribution is 2.29. The Kier molecular flexibility index (Phi) is 6.41. The zero-order chi connectivity index (χ0) is 18.4. The maximum absolute atomic E-state index is 12.2. The molecule has 2 rings (SSSR count). The third kappa shape index (κ3) is 4.72. The van der Waals surface area contributed by atoms with E-state index in [4.69, 9.17) is 21.1 Å². The van der Waals surface area contributed by atoms with Crippen LogP contribution in [0.25, 0.3) is 0 Å². The fourth-order valence-corrected chi connectivity index (χ4v) is 3.07. The van der Waals surface area contributed by atoms with Crippen LogP contribution >= 0.6 is 11.6 Å². The van der Waals surface area contributed by atoms with Crippen molar-refractivity contribution in [3.8, 4) is 0 Å². The average molecular weight is 372 g/mol. The van der Waals surface area contributed by atoms with Gasteiger partial charge in [0.25, 0.3) is 5.91 Å². The van der Waals surface area contributed by atoms with Crippen LogP contribution in [0.15, 0.2) is 12.4 Å². The summed E-state index contributed by atoms with van der Waals surface area (Å²) in [6.07, 6.45) is 6.58. The molecule has 0 aromatic carbocycles. The molecule has 1 atom stereocenters. The van der Waals surface area contributed by atoms with Crippen molar-refractivity contribution in [3.63, 3.8) is 0 Å². The molecule has 1 aromatic heterocycles. The summed E-state index contributed by atoms with van der Waals surface area (Å²) in [5, 5.41) is 7.01. The molecule has 1 unspecified atom stereocenters. The summed E-state index contributed by atoms with van der Waals surface area (Å²) in [5.41, 5.74) is -1.03. The number of hydrogen-bond donors (Lipinski definition) is 1. The molecule has 138 valence electrons. The van der Waals surface area contributed by atoms with Crippen LogP contribution in [0, 0.1) is 0 Å². The lowest BCUT2D eigenvalue weighted by molar-refractivity contribution is -0.156. The number of halogens is 1. The van der Waals surface area contributed by atoms with Crippen molar-refractivity contribution >= 4 is 29.4 Å². The van der Waals surface area contributed by atoms with Gasteiger partial charge in [0.15, 0.2) is 6.61 Å². The SMILES string of the molecule is COC(=O)C1(NC(=O)COC(=O)C(C)n2cc(Cl)cn2)CCCCC1. The van der Waals surface area contributed by atoms with Gasteiger partial charge in [0.05, 0.1) is 18.3 Å². The monoisotopic (exact) mass is 371 g/mol. The van der Waals surface area contributed by atoms with E-state index in [-0.39, 0.29) is 0 Å². The van der Waals surface area contributed by atoms with E-state index >= 15 is 0 Å². The van der Waals surface area contributed by atoms with Crippen LogP contribution in [0.5, 0.6) is 0 Å². The van der Waals surface area contributed by atoms with Gasteiger partial charge >= 0.3 is 11.9 Å². The zero-order valence-electron chi connectivity index (χ0n) is 14.3. The van der Waals surface area contributed by atoms with Crippen molar-refractivity contribution < 1.29 is 23.9 Å². The van der Waals surface area contributed by atoms with Crippen LogP contribution in [0.2, 0.25) is 5.02 Å². The Morgan fingerprint density at radius 1 is 1.36 bits per heavy atom. The molecule has 1 heterocycles. The van der Waals surface area contributed by atoms with Crippen LogP contribution in [0.3, 0.4) is 0 Å². The standard InChI is InChI=1S/C16H22ClN3O5/c1-11(20-9-12(17)8-18-20)14(22)25-10-13(21)19-16(15(23)24-2)6-4-3-5-7-16/h8-9,11H,3-7,10H2,1-2H3,(H,19,21). The van der Waals surface area contributed by atoms with E-state index in [1.54, 1.807) is 6.92 Å². The predicted octanol–water partition coefficient (Wildman–Crippen LogP) is 1.63. The molecule has 8 nitrogen and oxygen atoms in total. The van der Waals surface area contributed by atoms with E-state index in [0.29, 0.717) is 17.9 Å². The number of nitrogens with one attached hydrogen (secondary N) is 1. The molecule has 0 bridgehead atoms. The first-order chi connectivity index (χ1) is 11.9. The maximum atomic E-state index is 12.2. The number of aromatic nitrogens is 2. The molecule has 1 amide bonds. The second-order valence-electron chi connectivity index (χ2n) is 6.10. The topological polar surface area (TPSA) is 99.5 Å². The minimum Gasteiger partial charge on any atom is -0.467 e. The van der Waals surface area contributed by atoms with Crippen molar-refractivity contribution in [2.75, 3.05) is 13.7 Å².